The van der Waals surface area contributed by atoms with Crippen LogP contribution in [0.4, 0.5) is 4.39 Å². The van der Waals surface area contributed by atoms with Crippen LogP contribution in [0.5, 0.6) is 0 Å². The molecule has 3 rings (SSSR count). The van der Waals surface area contributed by atoms with E-state index in [0.29, 0.717) is 37.0 Å². The second-order valence-electron chi connectivity index (χ2n) is 5.37. The minimum Gasteiger partial charge on any atom is -0.408 e. The van der Waals surface area contributed by atoms with E-state index in [2.05, 4.69) is 0 Å². The van der Waals surface area contributed by atoms with Gasteiger partial charge in [-0.1, -0.05) is 34.8 Å². The van der Waals surface area contributed by atoms with Gasteiger partial charge in [0.2, 0.25) is 0 Å². The fraction of sp³-hybridized carbons (Fsp3) is 0.429. The summed E-state index contributed by atoms with van der Waals surface area (Å²) in [6.07, 6.45) is 0.967. The van der Waals surface area contributed by atoms with Crippen molar-refractivity contribution in [3.05, 3.63) is 34.6 Å². The minimum atomic E-state index is -1.99. The van der Waals surface area contributed by atoms with Gasteiger partial charge in [-0.15, -0.1) is 0 Å². The van der Waals surface area contributed by atoms with Crippen LogP contribution in [-0.2, 0) is 4.79 Å². The van der Waals surface area contributed by atoms with Gasteiger partial charge in [-0.3, -0.25) is 9.36 Å². The van der Waals surface area contributed by atoms with Crippen molar-refractivity contribution in [1.82, 2.24) is 9.47 Å². The van der Waals surface area contributed by atoms with Crippen molar-refractivity contribution in [1.29, 1.82) is 0 Å². The third kappa shape index (κ3) is 3.20. The molecule has 1 aromatic heterocycles. The average Bonchev–Trinajstić information content (AvgIpc) is 2.81. The monoisotopic (exact) mass is 380 g/mol. The summed E-state index contributed by atoms with van der Waals surface area (Å²) in [5, 5.41) is 0. The quantitative estimate of drug-likeness (QED) is 0.713. The highest BCUT2D eigenvalue weighted by molar-refractivity contribution is 6.76. The lowest BCUT2D eigenvalue weighted by atomic mass is 10.0. The van der Waals surface area contributed by atoms with E-state index in [0.717, 1.165) is 0 Å². The fourth-order valence-corrected chi connectivity index (χ4v) is 3.22. The zero-order valence-electron chi connectivity index (χ0n) is 11.8. The molecule has 124 valence electrons. The van der Waals surface area contributed by atoms with E-state index >= 15 is 0 Å². The maximum Gasteiger partial charge on any atom is 0.420 e. The number of halogens is 4. The van der Waals surface area contributed by atoms with E-state index < -0.39 is 21.3 Å². The van der Waals surface area contributed by atoms with Crippen LogP contribution in [0.1, 0.15) is 18.9 Å². The molecule has 0 spiro atoms. The summed E-state index contributed by atoms with van der Waals surface area (Å²) < 4.78 is 18.0. The summed E-state index contributed by atoms with van der Waals surface area (Å²) in [4.78, 5) is 25.4. The number of benzene rings is 1. The summed E-state index contributed by atoms with van der Waals surface area (Å²) in [5.74, 6) is -1.58. The van der Waals surface area contributed by atoms with Crippen LogP contribution in [0.25, 0.3) is 11.1 Å². The predicted molar refractivity (Wildman–Crippen MR) is 85.6 cm³/mol. The van der Waals surface area contributed by atoms with Crippen LogP contribution in [-0.4, -0.2) is 32.3 Å². The Kier molecular flexibility index (Phi) is 4.33. The summed E-state index contributed by atoms with van der Waals surface area (Å²) in [6, 6.07) is 3.71. The second-order valence-corrected chi connectivity index (χ2v) is 7.65. The van der Waals surface area contributed by atoms with E-state index in [9.17, 15) is 14.0 Å². The smallest absolute Gasteiger partial charge is 0.408 e. The summed E-state index contributed by atoms with van der Waals surface area (Å²) >= 11 is 16.8. The zero-order chi connectivity index (χ0) is 16.8. The highest BCUT2D eigenvalue weighted by atomic mass is 35.6. The molecule has 23 heavy (non-hydrogen) atoms. The number of oxazole rings is 1. The number of alkyl halides is 3. The first-order valence-corrected chi connectivity index (χ1v) is 8.07. The third-order valence-electron chi connectivity index (χ3n) is 3.93. The van der Waals surface area contributed by atoms with Gasteiger partial charge in [0.15, 0.2) is 5.58 Å². The highest BCUT2D eigenvalue weighted by Crippen LogP contribution is 2.32. The molecular weight excluding hydrogens is 370 g/mol. The molecule has 2 heterocycles. The zero-order valence-corrected chi connectivity index (χ0v) is 14.0. The second kappa shape index (κ2) is 6.00. The van der Waals surface area contributed by atoms with Gasteiger partial charge in [-0.05, 0) is 25.0 Å². The van der Waals surface area contributed by atoms with Crippen LogP contribution in [0.3, 0.4) is 0 Å². The number of nitrogens with zero attached hydrogens (tertiary/aromatic N) is 2. The van der Waals surface area contributed by atoms with Crippen molar-refractivity contribution < 1.29 is 13.6 Å². The first-order chi connectivity index (χ1) is 10.8. The number of piperidine rings is 1. The van der Waals surface area contributed by atoms with Crippen molar-refractivity contribution >= 4 is 51.8 Å². The minimum absolute atomic E-state index is 0.204. The molecule has 1 fully saturated rings. The van der Waals surface area contributed by atoms with Gasteiger partial charge in [0.25, 0.3) is 9.70 Å². The van der Waals surface area contributed by atoms with Crippen molar-refractivity contribution in [2.24, 2.45) is 0 Å². The van der Waals surface area contributed by atoms with Crippen LogP contribution in [0.2, 0.25) is 0 Å². The number of amides is 1. The Hall–Kier alpha value is -1.24. The number of carbonyl (C=O) groups excluding carboxylic acids is 1. The molecule has 9 heteroatoms. The van der Waals surface area contributed by atoms with Gasteiger partial charge < -0.3 is 9.32 Å². The molecule has 0 N–H and O–H groups in total. The summed E-state index contributed by atoms with van der Waals surface area (Å²) in [7, 11) is 0. The van der Waals surface area contributed by atoms with Gasteiger partial charge in [-0.25, -0.2) is 9.18 Å². The molecular formula is C14H12Cl3FN2O3. The number of rotatable bonds is 1. The summed E-state index contributed by atoms with van der Waals surface area (Å²) in [5.41, 5.74) is 0.734. The number of hydrogen-bond donors (Lipinski definition) is 0. The Balaban J connectivity index is 1.83. The number of aromatic nitrogens is 1. The molecule has 1 amide bonds. The van der Waals surface area contributed by atoms with Gasteiger partial charge in [0, 0.05) is 25.2 Å². The van der Waals surface area contributed by atoms with E-state index in [4.69, 9.17) is 39.2 Å². The van der Waals surface area contributed by atoms with Crippen molar-refractivity contribution in [3.8, 4) is 0 Å². The molecule has 2 aromatic rings. The van der Waals surface area contributed by atoms with E-state index in [1.807, 2.05) is 0 Å². The average molecular weight is 382 g/mol. The lowest BCUT2D eigenvalue weighted by Gasteiger charge is -2.33. The lowest BCUT2D eigenvalue weighted by molar-refractivity contribution is -0.131. The first-order valence-electron chi connectivity index (χ1n) is 6.94. The fourth-order valence-electron chi connectivity index (χ4n) is 2.86. The highest BCUT2D eigenvalue weighted by Gasteiger charge is 2.37. The topological polar surface area (TPSA) is 55.5 Å². The van der Waals surface area contributed by atoms with Gasteiger partial charge in [0.05, 0.1) is 5.52 Å². The van der Waals surface area contributed by atoms with E-state index in [1.54, 1.807) is 0 Å². The molecule has 1 saturated heterocycles. The number of hydrogen-bond acceptors (Lipinski definition) is 3. The van der Waals surface area contributed by atoms with Gasteiger partial charge in [0.1, 0.15) is 5.82 Å². The van der Waals surface area contributed by atoms with Crippen LogP contribution in [0, 0.1) is 5.82 Å². The Morgan fingerprint density at radius 1 is 1.26 bits per heavy atom. The molecule has 1 aliphatic heterocycles. The van der Waals surface area contributed by atoms with Crippen molar-refractivity contribution in [3.63, 3.8) is 0 Å². The molecule has 5 nitrogen and oxygen atoms in total. The Labute approximate surface area is 145 Å². The Morgan fingerprint density at radius 3 is 2.52 bits per heavy atom. The maximum absolute atomic E-state index is 13.4. The Morgan fingerprint density at radius 2 is 1.91 bits per heavy atom. The normalized spacial score (nSPS) is 17.0. The van der Waals surface area contributed by atoms with Gasteiger partial charge in [-0.2, -0.15) is 0 Å². The number of fused-ring (bicyclic) bond motifs is 1. The lowest BCUT2D eigenvalue weighted by Crippen LogP contribution is -2.45. The number of likely N-dealkylation sites (tertiary alicyclic amines) is 1. The molecule has 1 aromatic carbocycles. The van der Waals surface area contributed by atoms with Crippen molar-refractivity contribution in [2.45, 2.75) is 22.7 Å². The SMILES string of the molecule is O=C(N1CCC(n2c(=O)oc3ccc(F)cc32)CC1)C(Cl)(Cl)Cl. The largest absolute Gasteiger partial charge is 0.420 e. The van der Waals surface area contributed by atoms with Crippen LogP contribution in [0.15, 0.2) is 27.4 Å². The molecule has 0 saturated carbocycles. The maximum atomic E-state index is 13.4. The first kappa shape index (κ1) is 16.6. The molecule has 0 unspecified atom stereocenters. The number of carbonyl (C=O) groups is 1. The van der Waals surface area contributed by atoms with Crippen LogP contribution >= 0.6 is 34.8 Å². The van der Waals surface area contributed by atoms with E-state index in [1.165, 1.54) is 27.7 Å². The van der Waals surface area contributed by atoms with Crippen molar-refractivity contribution in [2.75, 3.05) is 13.1 Å². The molecule has 0 radical (unpaired) electrons. The summed E-state index contributed by atoms with van der Waals surface area (Å²) in [6.45, 7) is 0.678. The molecule has 1 aliphatic rings. The molecule has 0 bridgehead atoms. The van der Waals surface area contributed by atoms with Crippen LogP contribution < -0.4 is 5.76 Å². The molecule has 0 aliphatic carbocycles. The predicted octanol–water partition coefficient (Wildman–Crippen LogP) is 3.27. The Bertz CT molecular complexity index is 804. The standard InChI is InChI=1S/C14H12Cl3FN2O3/c15-14(16,17)12(21)19-5-3-9(4-6-19)20-10-7-8(18)1-2-11(10)23-13(20)22/h1-2,7,9H,3-6H2. The third-order valence-corrected chi connectivity index (χ3v) is 4.42. The van der Waals surface area contributed by atoms with Gasteiger partial charge >= 0.3 is 5.76 Å². The van der Waals surface area contributed by atoms with E-state index in [-0.39, 0.29) is 6.04 Å². The molecule has 0 atom stereocenters.